The SMILES string of the molecule is COc1cc2nc(Cl)sc2cc1OC. The van der Waals surface area contributed by atoms with Gasteiger partial charge in [-0.15, -0.1) is 11.3 Å². The van der Waals surface area contributed by atoms with Crippen molar-refractivity contribution in [3.8, 4) is 11.5 Å². The number of rotatable bonds is 2. The van der Waals surface area contributed by atoms with Gasteiger partial charge in [0.25, 0.3) is 0 Å². The Labute approximate surface area is 90.2 Å². The molecule has 14 heavy (non-hydrogen) atoms. The maximum absolute atomic E-state index is 5.80. The highest BCUT2D eigenvalue weighted by molar-refractivity contribution is 7.22. The van der Waals surface area contributed by atoms with Crippen LogP contribution in [0.4, 0.5) is 0 Å². The van der Waals surface area contributed by atoms with E-state index in [4.69, 9.17) is 21.1 Å². The molecular formula is C9H8ClNO2S. The van der Waals surface area contributed by atoms with E-state index in [1.54, 1.807) is 14.2 Å². The van der Waals surface area contributed by atoms with Crippen molar-refractivity contribution in [2.24, 2.45) is 0 Å². The number of fused-ring (bicyclic) bond motifs is 1. The fraction of sp³-hybridized carbons (Fsp3) is 0.222. The maximum atomic E-state index is 5.80. The highest BCUT2D eigenvalue weighted by atomic mass is 35.5. The standard InChI is InChI=1S/C9H8ClNO2S/c1-12-6-3-5-8(4-7(6)13-2)14-9(10)11-5/h3-4H,1-2H3. The van der Waals surface area contributed by atoms with Gasteiger partial charge in [-0.3, -0.25) is 0 Å². The molecule has 3 nitrogen and oxygen atoms in total. The van der Waals surface area contributed by atoms with Crippen molar-refractivity contribution < 1.29 is 9.47 Å². The number of ether oxygens (including phenoxy) is 2. The van der Waals surface area contributed by atoms with Gasteiger partial charge in [0.05, 0.1) is 24.4 Å². The topological polar surface area (TPSA) is 31.4 Å². The van der Waals surface area contributed by atoms with Gasteiger partial charge >= 0.3 is 0 Å². The molecule has 2 aromatic rings. The number of hydrogen-bond donors (Lipinski definition) is 0. The van der Waals surface area contributed by atoms with Crippen LogP contribution in [-0.2, 0) is 0 Å². The van der Waals surface area contributed by atoms with Gasteiger partial charge in [-0.25, -0.2) is 4.98 Å². The number of methoxy groups -OCH3 is 2. The van der Waals surface area contributed by atoms with E-state index in [0.717, 1.165) is 10.2 Å². The minimum Gasteiger partial charge on any atom is -0.493 e. The smallest absolute Gasteiger partial charge is 0.184 e. The Morgan fingerprint density at radius 1 is 1.21 bits per heavy atom. The number of halogens is 1. The lowest BCUT2D eigenvalue weighted by Crippen LogP contribution is -1.89. The molecule has 0 saturated carbocycles. The van der Waals surface area contributed by atoms with Crippen molar-refractivity contribution in [1.29, 1.82) is 0 Å². The third-order valence-electron chi connectivity index (χ3n) is 1.87. The predicted molar refractivity (Wildman–Crippen MR) is 57.7 cm³/mol. The van der Waals surface area contributed by atoms with E-state index >= 15 is 0 Å². The van der Waals surface area contributed by atoms with Gasteiger partial charge in [0.2, 0.25) is 0 Å². The normalized spacial score (nSPS) is 10.5. The molecule has 0 saturated heterocycles. The summed E-state index contributed by atoms with van der Waals surface area (Å²) < 4.78 is 11.8. The molecule has 0 aliphatic rings. The maximum Gasteiger partial charge on any atom is 0.184 e. The Kier molecular flexibility index (Phi) is 2.48. The Morgan fingerprint density at radius 2 is 1.86 bits per heavy atom. The minimum absolute atomic E-state index is 0.523. The van der Waals surface area contributed by atoms with Crippen LogP contribution in [-0.4, -0.2) is 19.2 Å². The molecule has 5 heteroatoms. The van der Waals surface area contributed by atoms with Crippen molar-refractivity contribution in [2.75, 3.05) is 14.2 Å². The molecule has 1 aromatic heterocycles. The molecule has 0 aliphatic carbocycles. The number of nitrogens with zero attached hydrogens (tertiary/aromatic N) is 1. The molecule has 0 bridgehead atoms. The summed E-state index contributed by atoms with van der Waals surface area (Å²) in [7, 11) is 3.20. The Hall–Kier alpha value is -1.00. The highest BCUT2D eigenvalue weighted by Gasteiger charge is 2.09. The summed E-state index contributed by atoms with van der Waals surface area (Å²) in [6.45, 7) is 0. The van der Waals surface area contributed by atoms with Crippen molar-refractivity contribution in [2.45, 2.75) is 0 Å². The first-order chi connectivity index (χ1) is 6.74. The molecule has 0 radical (unpaired) electrons. The summed E-state index contributed by atoms with van der Waals surface area (Å²) in [6, 6.07) is 3.69. The summed E-state index contributed by atoms with van der Waals surface area (Å²) in [5, 5.41) is 0. The Balaban J connectivity index is 2.68. The van der Waals surface area contributed by atoms with Crippen LogP contribution in [0.5, 0.6) is 11.5 Å². The van der Waals surface area contributed by atoms with Gasteiger partial charge in [-0.2, -0.15) is 0 Å². The van der Waals surface area contributed by atoms with E-state index < -0.39 is 0 Å². The summed E-state index contributed by atoms with van der Waals surface area (Å²) in [4.78, 5) is 4.15. The van der Waals surface area contributed by atoms with Gasteiger partial charge in [0, 0.05) is 12.1 Å². The van der Waals surface area contributed by atoms with Crippen LogP contribution < -0.4 is 9.47 Å². The number of aromatic nitrogens is 1. The van der Waals surface area contributed by atoms with Gasteiger partial charge in [-0.05, 0) is 0 Å². The third-order valence-corrected chi connectivity index (χ3v) is 2.99. The average Bonchev–Trinajstić information content (AvgIpc) is 2.54. The largest absolute Gasteiger partial charge is 0.493 e. The fourth-order valence-electron chi connectivity index (χ4n) is 1.23. The number of benzene rings is 1. The van der Waals surface area contributed by atoms with E-state index in [9.17, 15) is 0 Å². The molecule has 1 aromatic carbocycles. The minimum atomic E-state index is 0.523. The van der Waals surface area contributed by atoms with E-state index in [-0.39, 0.29) is 0 Å². The van der Waals surface area contributed by atoms with E-state index in [0.29, 0.717) is 16.0 Å². The average molecular weight is 230 g/mol. The monoisotopic (exact) mass is 229 g/mol. The number of thiazole rings is 1. The van der Waals surface area contributed by atoms with Crippen LogP contribution in [0.3, 0.4) is 0 Å². The molecule has 0 N–H and O–H groups in total. The molecule has 0 fully saturated rings. The first kappa shape index (κ1) is 9.55. The molecule has 2 rings (SSSR count). The molecule has 0 spiro atoms. The van der Waals surface area contributed by atoms with Gasteiger partial charge in [-0.1, -0.05) is 11.6 Å². The van der Waals surface area contributed by atoms with Crippen molar-refractivity contribution in [3.05, 3.63) is 16.6 Å². The van der Waals surface area contributed by atoms with Gasteiger partial charge in [0.15, 0.2) is 16.0 Å². The van der Waals surface area contributed by atoms with E-state index in [1.807, 2.05) is 12.1 Å². The zero-order valence-electron chi connectivity index (χ0n) is 7.70. The quantitative estimate of drug-likeness (QED) is 0.794. The lowest BCUT2D eigenvalue weighted by Gasteiger charge is -2.05. The van der Waals surface area contributed by atoms with Crippen molar-refractivity contribution in [3.63, 3.8) is 0 Å². The Bertz CT molecular complexity index is 428. The lowest BCUT2D eigenvalue weighted by atomic mass is 10.3. The van der Waals surface area contributed by atoms with Crippen LogP contribution in [0, 0.1) is 0 Å². The zero-order valence-corrected chi connectivity index (χ0v) is 9.28. The van der Waals surface area contributed by atoms with Crippen LogP contribution in [0.15, 0.2) is 12.1 Å². The summed E-state index contributed by atoms with van der Waals surface area (Å²) in [5.74, 6) is 1.36. The fourth-order valence-corrected chi connectivity index (χ4v) is 2.27. The van der Waals surface area contributed by atoms with Crippen LogP contribution >= 0.6 is 22.9 Å². The van der Waals surface area contributed by atoms with Crippen molar-refractivity contribution >= 4 is 33.2 Å². The predicted octanol–water partition coefficient (Wildman–Crippen LogP) is 2.97. The molecule has 0 aliphatic heterocycles. The molecule has 0 unspecified atom stereocenters. The van der Waals surface area contributed by atoms with Gasteiger partial charge in [0.1, 0.15) is 0 Å². The summed E-state index contributed by atoms with van der Waals surface area (Å²) >= 11 is 7.22. The van der Waals surface area contributed by atoms with E-state index in [1.165, 1.54) is 11.3 Å². The molecular weight excluding hydrogens is 222 g/mol. The Morgan fingerprint density at radius 3 is 2.50 bits per heavy atom. The number of hydrogen-bond acceptors (Lipinski definition) is 4. The second-order valence-corrected chi connectivity index (χ2v) is 4.25. The van der Waals surface area contributed by atoms with Crippen LogP contribution in [0.25, 0.3) is 10.2 Å². The second kappa shape index (κ2) is 3.63. The molecule has 0 amide bonds. The molecule has 74 valence electrons. The van der Waals surface area contributed by atoms with E-state index in [2.05, 4.69) is 4.98 Å². The summed E-state index contributed by atoms with van der Waals surface area (Å²) in [6.07, 6.45) is 0. The van der Waals surface area contributed by atoms with Crippen molar-refractivity contribution in [1.82, 2.24) is 4.98 Å². The second-order valence-electron chi connectivity index (χ2n) is 2.64. The van der Waals surface area contributed by atoms with Crippen LogP contribution in [0.2, 0.25) is 4.47 Å². The first-order valence-electron chi connectivity index (χ1n) is 3.92. The van der Waals surface area contributed by atoms with Crippen LogP contribution in [0.1, 0.15) is 0 Å². The lowest BCUT2D eigenvalue weighted by molar-refractivity contribution is 0.356. The summed E-state index contributed by atoms with van der Waals surface area (Å²) in [5.41, 5.74) is 0.831. The first-order valence-corrected chi connectivity index (χ1v) is 5.12. The molecule has 0 atom stereocenters. The van der Waals surface area contributed by atoms with Gasteiger partial charge < -0.3 is 9.47 Å². The molecule has 1 heterocycles. The zero-order chi connectivity index (χ0) is 10.1. The third kappa shape index (κ3) is 1.51. The highest BCUT2D eigenvalue weighted by Crippen LogP contribution is 2.35.